The Morgan fingerprint density at radius 1 is 1.29 bits per heavy atom. The molecule has 24 heavy (non-hydrogen) atoms. The second kappa shape index (κ2) is 10.5. The second-order valence-electron chi connectivity index (χ2n) is 6.05. The largest absolute Gasteiger partial charge is 0.383 e. The van der Waals surface area contributed by atoms with Crippen LogP contribution >= 0.6 is 0 Å². The van der Waals surface area contributed by atoms with Crippen LogP contribution in [0, 0.1) is 0 Å². The minimum Gasteiger partial charge on any atom is -0.383 e. The number of amides is 1. The van der Waals surface area contributed by atoms with E-state index in [2.05, 4.69) is 25.4 Å². The van der Waals surface area contributed by atoms with Gasteiger partial charge in [-0.1, -0.05) is 0 Å². The van der Waals surface area contributed by atoms with E-state index >= 15 is 0 Å². The number of ether oxygens (including phenoxy) is 2. The molecule has 2 aliphatic rings. The summed E-state index contributed by atoms with van der Waals surface area (Å²) in [5.74, 6) is 0.751. The molecule has 2 saturated heterocycles. The average molecular weight is 341 g/mol. The number of aliphatic imine (C=N–C) groups is 1. The molecule has 1 unspecified atom stereocenters. The summed E-state index contributed by atoms with van der Waals surface area (Å²) in [5.41, 5.74) is 0. The van der Waals surface area contributed by atoms with Gasteiger partial charge in [-0.25, -0.2) is 4.99 Å². The average Bonchev–Trinajstić information content (AvgIpc) is 3.09. The molecule has 0 bridgehead atoms. The number of nitrogens with zero attached hydrogens (tertiary/aromatic N) is 3. The van der Waals surface area contributed by atoms with Gasteiger partial charge >= 0.3 is 0 Å². The van der Waals surface area contributed by atoms with E-state index in [1.165, 1.54) is 0 Å². The molecule has 2 rings (SSSR count). The molecule has 0 saturated carbocycles. The summed E-state index contributed by atoms with van der Waals surface area (Å²) in [7, 11) is 1.62. The van der Waals surface area contributed by atoms with E-state index in [0.29, 0.717) is 19.2 Å². The topological polar surface area (TPSA) is 78.4 Å². The molecule has 0 radical (unpaired) electrons. The van der Waals surface area contributed by atoms with Crippen molar-refractivity contribution in [3.63, 3.8) is 0 Å². The minimum absolute atomic E-state index is 0.0774. The SMILES string of the molecule is CCNC(=NCC(=O)NCCOC)N1CCC(N2CCOCC2)C1. The number of guanidine groups is 1. The van der Waals surface area contributed by atoms with Gasteiger partial charge in [-0.15, -0.1) is 0 Å². The molecular weight excluding hydrogens is 310 g/mol. The highest BCUT2D eigenvalue weighted by molar-refractivity contribution is 5.85. The van der Waals surface area contributed by atoms with Gasteiger partial charge in [-0.3, -0.25) is 9.69 Å². The molecule has 0 aromatic carbocycles. The van der Waals surface area contributed by atoms with E-state index in [1.54, 1.807) is 7.11 Å². The first kappa shape index (κ1) is 19.0. The van der Waals surface area contributed by atoms with E-state index < -0.39 is 0 Å². The highest BCUT2D eigenvalue weighted by Crippen LogP contribution is 2.17. The fourth-order valence-corrected chi connectivity index (χ4v) is 3.10. The standard InChI is InChI=1S/C16H31N5O3/c1-3-17-16(19-12-15(22)18-5-9-23-2)21-6-4-14(13-21)20-7-10-24-11-8-20/h14H,3-13H2,1-2H3,(H,17,19)(H,18,22). The van der Waals surface area contributed by atoms with Crippen molar-refractivity contribution in [2.45, 2.75) is 19.4 Å². The van der Waals surface area contributed by atoms with Crippen LogP contribution in [-0.2, 0) is 14.3 Å². The van der Waals surface area contributed by atoms with Gasteiger partial charge in [-0.2, -0.15) is 0 Å². The molecule has 8 heteroatoms. The van der Waals surface area contributed by atoms with Gasteiger partial charge in [0.25, 0.3) is 0 Å². The summed E-state index contributed by atoms with van der Waals surface area (Å²) in [4.78, 5) is 21.1. The smallest absolute Gasteiger partial charge is 0.241 e. The summed E-state index contributed by atoms with van der Waals surface area (Å²) in [6, 6.07) is 0.549. The number of hydrogen-bond acceptors (Lipinski definition) is 5. The molecule has 0 spiro atoms. The summed E-state index contributed by atoms with van der Waals surface area (Å²) in [5, 5.41) is 6.09. The van der Waals surface area contributed by atoms with Gasteiger partial charge < -0.3 is 25.0 Å². The molecule has 8 nitrogen and oxygen atoms in total. The minimum atomic E-state index is -0.0774. The lowest BCUT2D eigenvalue weighted by molar-refractivity contribution is -0.119. The van der Waals surface area contributed by atoms with Crippen LogP contribution in [0.15, 0.2) is 4.99 Å². The first-order valence-corrected chi connectivity index (χ1v) is 8.85. The Kier molecular flexibility index (Phi) is 8.27. The molecule has 2 heterocycles. The van der Waals surface area contributed by atoms with E-state index in [0.717, 1.165) is 58.3 Å². The molecule has 2 aliphatic heterocycles. The van der Waals surface area contributed by atoms with E-state index in [-0.39, 0.29) is 12.5 Å². The summed E-state index contributed by atoms with van der Waals surface area (Å²) in [6.45, 7) is 9.61. The molecule has 0 aromatic heterocycles. The van der Waals surface area contributed by atoms with E-state index in [4.69, 9.17) is 9.47 Å². The third-order valence-corrected chi connectivity index (χ3v) is 4.36. The van der Waals surface area contributed by atoms with Crippen LogP contribution in [0.2, 0.25) is 0 Å². The van der Waals surface area contributed by atoms with Gasteiger partial charge in [0.1, 0.15) is 6.54 Å². The zero-order valence-electron chi connectivity index (χ0n) is 14.9. The molecule has 1 atom stereocenters. The molecule has 2 N–H and O–H groups in total. The van der Waals surface area contributed by atoms with Crippen molar-refractivity contribution >= 4 is 11.9 Å². The Balaban J connectivity index is 1.83. The highest BCUT2D eigenvalue weighted by atomic mass is 16.5. The number of carbonyl (C=O) groups is 1. The quantitative estimate of drug-likeness (QED) is 0.356. The number of nitrogens with one attached hydrogen (secondary N) is 2. The Labute approximate surface area is 144 Å². The number of hydrogen-bond donors (Lipinski definition) is 2. The van der Waals surface area contributed by atoms with Crippen LogP contribution in [0.1, 0.15) is 13.3 Å². The number of methoxy groups -OCH3 is 1. The van der Waals surface area contributed by atoms with Crippen LogP contribution in [0.25, 0.3) is 0 Å². The molecule has 138 valence electrons. The molecule has 1 amide bonds. The summed E-state index contributed by atoms with van der Waals surface area (Å²) >= 11 is 0. The van der Waals surface area contributed by atoms with Crippen molar-refractivity contribution in [3.05, 3.63) is 0 Å². The van der Waals surface area contributed by atoms with Crippen LogP contribution < -0.4 is 10.6 Å². The van der Waals surface area contributed by atoms with Gasteiger partial charge in [0.05, 0.1) is 19.8 Å². The molecule has 2 fully saturated rings. The van der Waals surface area contributed by atoms with Crippen molar-refractivity contribution in [2.24, 2.45) is 4.99 Å². The monoisotopic (exact) mass is 341 g/mol. The zero-order valence-corrected chi connectivity index (χ0v) is 14.9. The predicted molar refractivity (Wildman–Crippen MR) is 93.2 cm³/mol. The van der Waals surface area contributed by atoms with Crippen LogP contribution in [-0.4, -0.2) is 100 Å². The van der Waals surface area contributed by atoms with Gasteiger partial charge in [0.2, 0.25) is 5.91 Å². The van der Waals surface area contributed by atoms with Gasteiger partial charge in [-0.05, 0) is 13.3 Å². The van der Waals surface area contributed by atoms with Crippen molar-refractivity contribution in [1.29, 1.82) is 0 Å². The lowest BCUT2D eigenvalue weighted by Crippen LogP contribution is -2.47. The summed E-state index contributed by atoms with van der Waals surface area (Å²) in [6.07, 6.45) is 1.13. The van der Waals surface area contributed by atoms with Crippen molar-refractivity contribution in [1.82, 2.24) is 20.4 Å². The predicted octanol–water partition coefficient (Wildman–Crippen LogP) is -0.879. The van der Waals surface area contributed by atoms with Crippen LogP contribution in [0.4, 0.5) is 0 Å². The first-order chi connectivity index (χ1) is 11.7. The normalized spacial score (nSPS) is 22.7. The second-order valence-corrected chi connectivity index (χ2v) is 6.05. The molecular formula is C16H31N5O3. The lowest BCUT2D eigenvalue weighted by Gasteiger charge is -2.32. The lowest BCUT2D eigenvalue weighted by atomic mass is 10.2. The maximum Gasteiger partial charge on any atom is 0.241 e. The van der Waals surface area contributed by atoms with Crippen molar-refractivity contribution in [2.75, 3.05) is 72.7 Å². The van der Waals surface area contributed by atoms with E-state index in [9.17, 15) is 4.79 Å². The maximum atomic E-state index is 11.8. The van der Waals surface area contributed by atoms with E-state index in [1.807, 2.05) is 6.92 Å². The number of likely N-dealkylation sites (tertiary alicyclic amines) is 1. The van der Waals surface area contributed by atoms with Gasteiger partial charge in [0, 0.05) is 52.4 Å². The highest BCUT2D eigenvalue weighted by Gasteiger charge is 2.30. The third-order valence-electron chi connectivity index (χ3n) is 4.36. The Morgan fingerprint density at radius 2 is 2.08 bits per heavy atom. The van der Waals surface area contributed by atoms with Crippen LogP contribution in [0.5, 0.6) is 0 Å². The van der Waals surface area contributed by atoms with Gasteiger partial charge in [0.15, 0.2) is 5.96 Å². The first-order valence-electron chi connectivity index (χ1n) is 8.85. The Bertz CT molecular complexity index is 413. The number of rotatable bonds is 7. The molecule has 0 aliphatic carbocycles. The Hall–Kier alpha value is -1.38. The Morgan fingerprint density at radius 3 is 2.79 bits per heavy atom. The third kappa shape index (κ3) is 5.92. The van der Waals surface area contributed by atoms with Crippen molar-refractivity contribution < 1.29 is 14.3 Å². The van der Waals surface area contributed by atoms with Crippen LogP contribution in [0.3, 0.4) is 0 Å². The number of carbonyl (C=O) groups excluding carboxylic acids is 1. The maximum absolute atomic E-state index is 11.8. The number of morpholine rings is 1. The molecule has 0 aromatic rings. The fourth-order valence-electron chi connectivity index (χ4n) is 3.10. The summed E-state index contributed by atoms with van der Waals surface area (Å²) < 4.78 is 10.4. The zero-order chi connectivity index (χ0) is 17.2. The fraction of sp³-hybridized carbons (Fsp3) is 0.875. The van der Waals surface area contributed by atoms with Crippen molar-refractivity contribution in [3.8, 4) is 0 Å².